The number of nitrogens with zero attached hydrogens (tertiary/aromatic N) is 1. The minimum atomic E-state index is -0.752. The fraction of sp³-hybridized carbons (Fsp3) is 0.556. The van der Waals surface area contributed by atoms with Crippen molar-refractivity contribution in [2.24, 2.45) is 5.92 Å². The SMILES string of the molecule is OC1(Cc2ccc(F)cc2)CC2CCCNC2CC1N1CCC(c2ccccc2)CC1. The molecule has 2 aliphatic heterocycles. The number of nitrogens with one attached hydrogen (secondary N) is 1. The van der Waals surface area contributed by atoms with Crippen molar-refractivity contribution in [3.8, 4) is 0 Å². The number of fused-ring (bicyclic) bond motifs is 1. The molecule has 4 atom stereocenters. The van der Waals surface area contributed by atoms with Gasteiger partial charge in [-0.25, -0.2) is 4.39 Å². The van der Waals surface area contributed by atoms with E-state index in [1.54, 1.807) is 0 Å². The van der Waals surface area contributed by atoms with Gasteiger partial charge in [-0.2, -0.15) is 0 Å². The number of rotatable bonds is 4. The van der Waals surface area contributed by atoms with Crippen molar-refractivity contribution in [2.45, 2.75) is 68.5 Å². The van der Waals surface area contributed by atoms with Gasteiger partial charge in [-0.1, -0.05) is 42.5 Å². The Kier molecular flexibility index (Phi) is 6.14. The van der Waals surface area contributed by atoms with Crippen molar-refractivity contribution in [3.63, 3.8) is 0 Å². The summed E-state index contributed by atoms with van der Waals surface area (Å²) in [5.41, 5.74) is 1.73. The number of likely N-dealkylation sites (tertiary alicyclic amines) is 1. The van der Waals surface area contributed by atoms with Crippen LogP contribution in [0.2, 0.25) is 0 Å². The van der Waals surface area contributed by atoms with E-state index in [-0.39, 0.29) is 11.9 Å². The second-order valence-corrected chi connectivity index (χ2v) is 10.0. The highest BCUT2D eigenvalue weighted by molar-refractivity contribution is 5.22. The Labute approximate surface area is 185 Å². The average Bonchev–Trinajstić information content (AvgIpc) is 2.81. The molecule has 0 amide bonds. The maximum Gasteiger partial charge on any atom is 0.123 e. The number of aliphatic hydroxyl groups is 1. The van der Waals surface area contributed by atoms with Gasteiger partial charge >= 0.3 is 0 Å². The third-order valence-corrected chi connectivity index (χ3v) is 8.11. The molecule has 2 N–H and O–H groups in total. The van der Waals surface area contributed by atoms with E-state index in [0.29, 0.717) is 24.3 Å². The maximum absolute atomic E-state index is 13.4. The first kappa shape index (κ1) is 21.1. The highest BCUT2D eigenvalue weighted by atomic mass is 19.1. The molecule has 31 heavy (non-hydrogen) atoms. The molecule has 3 fully saturated rings. The summed E-state index contributed by atoms with van der Waals surface area (Å²) >= 11 is 0. The van der Waals surface area contributed by atoms with Crippen molar-refractivity contribution < 1.29 is 9.50 Å². The van der Waals surface area contributed by atoms with Gasteiger partial charge in [0.15, 0.2) is 0 Å². The lowest BCUT2D eigenvalue weighted by atomic mass is 9.66. The van der Waals surface area contributed by atoms with Crippen LogP contribution in [0.4, 0.5) is 4.39 Å². The van der Waals surface area contributed by atoms with E-state index in [0.717, 1.165) is 50.9 Å². The minimum absolute atomic E-state index is 0.154. The molecule has 2 aromatic carbocycles. The molecular formula is C27H35FN2O. The molecule has 5 rings (SSSR count). The lowest BCUT2D eigenvalue weighted by Gasteiger charge is -2.54. The van der Waals surface area contributed by atoms with Crippen LogP contribution in [0.15, 0.2) is 54.6 Å². The summed E-state index contributed by atoms with van der Waals surface area (Å²) in [6.45, 7) is 3.17. The summed E-state index contributed by atoms with van der Waals surface area (Å²) < 4.78 is 13.4. The smallest absolute Gasteiger partial charge is 0.123 e. The molecule has 0 radical (unpaired) electrons. The van der Waals surface area contributed by atoms with Gasteiger partial charge in [0.05, 0.1) is 5.60 Å². The fourth-order valence-electron chi connectivity index (χ4n) is 6.49. The van der Waals surface area contributed by atoms with E-state index in [2.05, 4.69) is 40.5 Å². The van der Waals surface area contributed by atoms with Crippen LogP contribution in [0.25, 0.3) is 0 Å². The van der Waals surface area contributed by atoms with Crippen molar-refractivity contribution >= 4 is 0 Å². The highest BCUT2D eigenvalue weighted by Crippen LogP contribution is 2.42. The molecule has 1 aliphatic carbocycles. The van der Waals surface area contributed by atoms with Crippen molar-refractivity contribution in [1.29, 1.82) is 0 Å². The molecule has 0 aromatic heterocycles. The summed E-state index contributed by atoms with van der Waals surface area (Å²) in [5, 5.41) is 15.8. The van der Waals surface area contributed by atoms with Crippen LogP contribution in [0.1, 0.15) is 55.6 Å². The predicted molar refractivity (Wildman–Crippen MR) is 123 cm³/mol. The van der Waals surface area contributed by atoms with Gasteiger partial charge < -0.3 is 10.4 Å². The zero-order valence-corrected chi connectivity index (χ0v) is 18.3. The molecule has 2 heterocycles. The van der Waals surface area contributed by atoms with E-state index in [9.17, 15) is 9.50 Å². The quantitative estimate of drug-likeness (QED) is 0.761. The van der Waals surface area contributed by atoms with Crippen LogP contribution in [0.5, 0.6) is 0 Å². The zero-order valence-electron chi connectivity index (χ0n) is 18.3. The highest BCUT2D eigenvalue weighted by Gasteiger charge is 2.49. The standard InChI is InChI=1S/C27H35FN2O/c28-24-10-8-20(9-11-24)18-27(31)19-23-7-4-14-29-25(23)17-26(27)30-15-12-22(13-16-30)21-5-2-1-3-6-21/h1-3,5-6,8-11,22-23,25-26,29,31H,4,7,12-19H2. The Hall–Kier alpha value is -1.75. The molecule has 0 bridgehead atoms. The average molecular weight is 423 g/mol. The molecule has 1 saturated carbocycles. The Morgan fingerprint density at radius 1 is 1.00 bits per heavy atom. The number of hydrogen-bond donors (Lipinski definition) is 2. The zero-order chi connectivity index (χ0) is 21.3. The molecule has 3 nitrogen and oxygen atoms in total. The van der Waals surface area contributed by atoms with Crippen LogP contribution in [0.3, 0.4) is 0 Å². The van der Waals surface area contributed by atoms with Gasteiger partial charge in [-0.15, -0.1) is 0 Å². The van der Waals surface area contributed by atoms with E-state index < -0.39 is 5.60 Å². The number of hydrogen-bond acceptors (Lipinski definition) is 3. The van der Waals surface area contributed by atoms with Crippen LogP contribution in [0, 0.1) is 11.7 Å². The first-order chi connectivity index (χ1) is 15.1. The van der Waals surface area contributed by atoms with E-state index >= 15 is 0 Å². The van der Waals surface area contributed by atoms with E-state index in [1.165, 1.54) is 30.5 Å². The predicted octanol–water partition coefficient (Wildman–Crippen LogP) is 4.51. The van der Waals surface area contributed by atoms with Gasteiger partial charge in [-0.3, -0.25) is 4.90 Å². The monoisotopic (exact) mass is 422 g/mol. The molecule has 3 aliphatic rings. The largest absolute Gasteiger partial charge is 0.388 e. The summed E-state index contributed by atoms with van der Waals surface area (Å²) in [4.78, 5) is 2.56. The van der Waals surface area contributed by atoms with E-state index in [1.807, 2.05) is 12.1 Å². The van der Waals surface area contributed by atoms with Crippen molar-refractivity contribution in [1.82, 2.24) is 10.2 Å². The number of halogens is 1. The second-order valence-electron chi connectivity index (χ2n) is 10.0. The first-order valence-corrected chi connectivity index (χ1v) is 12.1. The third kappa shape index (κ3) is 4.57. The maximum atomic E-state index is 13.4. The first-order valence-electron chi connectivity index (χ1n) is 12.1. The molecule has 0 spiro atoms. The van der Waals surface area contributed by atoms with Crippen LogP contribution in [-0.2, 0) is 6.42 Å². The van der Waals surface area contributed by atoms with E-state index in [4.69, 9.17) is 0 Å². The van der Waals surface area contributed by atoms with Gasteiger partial charge in [0, 0.05) is 18.5 Å². The van der Waals surface area contributed by atoms with Crippen LogP contribution >= 0.6 is 0 Å². The lowest BCUT2D eigenvalue weighted by Crippen LogP contribution is -2.64. The second kappa shape index (κ2) is 9.01. The minimum Gasteiger partial charge on any atom is -0.388 e. The molecule has 2 saturated heterocycles. The Bertz CT molecular complexity index is 849. The topological polar surface area (TPSA) is 35.5 Å². The summed E-state index contributed by atoms with van der Waals surface area (Å²) in [7, 11) is 0. The molecular weight excluding hydrogens is 387 g/mol. The van der Waals surface area contributed by atoms with Crippen LogP contribution in [-0.4, -0.2) is 47.3 Å². The fourth-order valence-corrected chi connectivity index (χ4v) is 6.49. The normalized spacial score (nSPS) is 32.5. The number of benzene rings is 2. The van der Waals surface area contributed by atoms with Gasteiger partial charge in [-0.05, 0) is 93.3 Å². The van der Waals surface area contributed by atoms with Crippen LogP contribution < -0.4 is 5.32 Å². The Morgan fingerprint density at radius 2 is 1.74 bits per heavy atom. The molecule has 4 heteroatoms. The molecule has 2 aromatic rings. The van der Waals surface area contributed by atoms with Gasteiger partial charge in [0.25, 0.3) is 0 Å². The van der Waals surface area contributed by atoms with Crippen molar-refractivity contribution in [2.75, 3.05) is 19.6 Å². The van der Waals surface area contributed by atoms with Gasteiger partial charge in [0.2, 0.25) is 0 Å². The molecule has 4 unspecified atom stereocenters. The Balaban J connectivity index is 1.34. The lowest BCUT2D eigenvalue weighted by molar-refractivity contribution is -0.106. The summed E-state index contributed by atoms with van der Waals surface area (Å²) in [6.07, 6.45) is 7.15. The number of piperidine rings is 2. The summed E-state index contributed by atoms with van der Waals surface area (Å²) in [6, 6.07) is 18.3. The summed E-state index contributed by atoms with van der Waals surface area (Å²) in [5.74, 6) is 0.944. The third-order valence-electron chi connectivity index (χ3n) is 8.11. The van der Waals surface area contributed by atoms with Crippen molar-refractivity contribution in [3.05, 3.63) is 71.5 Å². The molecule has 166 valence electrons. The Morgan fingerprint density at radius 3 is 2.48 bits per heavy atom. The van der Waals surface area contributed by atoms with Gasteiger partial charge in [0.1, 0.15) is 5.82 Å².